The minimum atomic E-state index is -3.84. The van der Waals surface area contributed by atoms with Crippen molar-refractivity contribution >= 4 is 19.9 Å². The Kier molecular flexibility index (Phi) is 5.03. The van der Waals surface area contributed by atoms with Crippen molar-refractivity contribution in [2.75, 3.05) is 19.3 Å². The van der Waals surface area contributed by atoms with Crippen molar-refractivity contribution in [3.05, 3.63) is 24.3 Å². The van der Waals surface area contributed by atoms with Crippen molar-refractivity contribution in [1.29, 1.82) is 0 Å². The monoisotopic (exact) mass is 332 g/mol. The maximum atomic E-state index is 12.3. The largest absolute Gasteiger partial charge is 0.313 e. The maximum absolute atomic E-state index is 12.3. The molecule has 1 aromatic rings. The Hall–Kier alpha value is -0.960. The summed E-state index contributed by atoms with van der Waals surface area (Å²) in [6.45, 7) is 1.15. The fraction of sp³-hybridized carbons (Fsp3) is 0.538. The van der Waals surface area contributed by atoms with E-state index in [1.54, 1.807) is 0 Å². The summed E-state index contributed by atoms with van der Waals surface area (Å²) in [6.07, 6.45) is 4.08. The number of sulfone groups is 1. The van der Waals surface area contributed by atoms with Crippen molar-refractivity contribution in [1.82, 2.24) is 10.0 Å². The first-order valence-electron chi connectivity index (χ1n) is 6.83. The summed E-state index contributed by atoms with van der Waals surface area (Å²) in [5.74, 6) is 0. The van der Waals surface area contributed by atoms with E-state index in [0.717, 1.165) is 32.1 Å². The van der Waals surface area contributed by atoms with Crippen LogP contribution >= 0.6 is 0 Å². The number of sulfonamides is 1. The summed E-state index contributed by atoms with van der Waals surface area (Å²) in [4.78, 5) is -0.364. The van der Waals surface area contributed by atoms with E-state index in [0.29, 0.717) is 0 Å². The molecule has 0 unspecified atom stereocenters. The van der Waals surface area contributed by atoms with Crippen molar-refractivity contribution in [2.24, 2.45) is 0 Å². The molecule has 0 aliphatic carbocycles. The summed E-state index contributed by atoms with van der Waals surface area (Å²) in [5, 5.41) is 3.24. The molecule has 21 heavy (non-hydrogen) atoms. The molecule has 1 atom stereocenters. The van der Waals surface area contributed by atoms with Gasteiger partial charge in [0.05, 0.1) is 4.90 Å². The van der Waals surface area contributed by atoms with Crippen molar-refractivity contribution in [2.45, 2.75) is 35.1 Å². The molecule has 6 nitrogen and oxygen atoms in total. The standard InChI is InChI=1S/C13H20N2O4S2/c1-20(16,17)12-7-2-3-8-13(12)21(18,19)15-10-11-6-4-5-9-14-11/h2-3,7-8,11,14-15H,4-6,9-10H2,1H3/t11-/m0/s1. The van der Waals surface area contributed by atoms with Crippen LogP contribution in [0.3, 0.4) is 0 Å². The topological polar surface area (TPSA) is 92.3 Å². The molecule has 1 aliphatic heterocycles. The van der Waals surface area contributed by atoms with Gasteiger partial charge >= 0.3 is 0 Å². The molecule has 1 fully saturated rings. The van der Waals surface area contributed by atoms with Crippen LogP contribution in [0.2, 0.25) is 0 Å². The van der Waals surface area contributed by atoms with E-state index in [1.165, 1.54) is 24.3 Å². The van der Waals surface area contributed by atoms with E-state index in [1.807, 2.05) is 0 Å². The molecular formula is C13H20N2O4S2. The lowest BCUT2D eigenvalue weighted by molar-refractivity contribution is 0.398. The lowest BCUT2D eigenvalue weighted by atomic mass is 10.1. The van der Waals surface area contributed by atoms with Gasteiger partial charge in [0, 0.05) is 18.8 Å². The second-order valence-electron chi connectivity index (χ2n) is 5.22. The first-order chi connectivity index (χ1) is 9.81. The van der Waals surface area contributed by atoms with Crippen LogP contribution in [0.15, 0.2) is 34.1 Å². The van der Waals surface area contributed by atoms with Crippen molar-refractivity contribution in [3.63, 3.8) is 0 Å². The molecule has 0 aromatic heterocycles. The summed E-state index contributed by atoms with van der Waals surface area (Å²) in [6, 6.07) is 5.75. The molecular weight excluding hydrogens is 312 g/mol. The van der Waals surface area contributed by atoms with Crippen LogP contribution in [-0.4, -0.2) is 42.2 Å². The average molecular weight is 332 g/mol. The number of hydrogen-bond donors (Lipinski definition) is 2. The van der Waals surface area contributed by atoms with Crippen molar-refractivity contribution in [3.8, 4) is 0 Å². The van der Waals surface area contributed by atoms with Gasteiger partial charge in [-0.2, -0.15) is 0 Å². The number of piperidine rings is 1. The third kappa shape index (κ3) is 4.26. The van der Waals surface area contributed by atoms with Gasteiger partial charge < -0.3 is 5.32 Å². The Bertz CT molecular complexity index is 693. The second kappa shape index (κ2) is 6.43. The van der Waals surface area contributed by atoms with Gasteiger partial charge in [0.25, 0.3) is 0 Å². The summed E-state index contributed by atoms with van der Waals surface area (Å²) in [5.41, 5.74) is 0. The molecule has 1 aromatic carbocycles. The van der Waals surface area contributed by atoms with E-state index < -0.39 is 19.9 Å². The second-order valence-corrected chi connectivity index (χ2v) is 8.94. The zero-order valence-corrected chi connectivity index (χ0v) is 13.5. The molecule has 118 valence electrons. The average Bonchev–Trinajstić information content (AvgIpc) is 2.45. The zero-order valence-electron chi connectivity index (χ0n) is 11.9. The van der Waals surface area contributed by atoms with Gasteiger partial charge in [-0.3, -0.25) is 0 Å². The lowest BCUT2D eigenvalue weighted by Gasteiger charge is -2.23. The highest BCUT2D eigenvalue weighted by atomic mass is 32.2. The fourth-order valence-corrected chi connectivity index (χ4v) is 5.07. The highest BCUT2D eigenvalue weighted by Crippen LogP contribution is 2.20. The summed E-state index contributed by atoms with van der Waals surface area (Å²) >= 11 is 0. The van der Waals surface area contributed by atoms with E-state index >= 15 is 0 Å². The van der Waals surface area contributed by atoms with Crippen LogP contribution < -0.4 is 10.0 Å². The predicted octanol–water partition coefficient (Wildman–Crippen LogP) is 0.511. The maximum Gasteiger partial charge on any atom is 0.241 e. The Balaban J connectivity index is 2.20. The number of nitrogens with one attached hydrogen (secondary N) is 2. The molecule has 1 aliphatic rings. The minimum Gasteiger partial charge on any atom is -0.313 e. The molecule has 0 bridgehead atoms. The zero-order chi connectivity index (χ0) is 15.5. The molecule has 2 N–H and O–H groups in total. The normalized spacial score (nSPS) is 20.3. The van der Waals surface area contributed by atoms with E-state index in [4.69, 9.17) is 0 Å². The third-order valence-electron chi connectivity index (χ3n) is 3.47. The lowest BCUT2D eigenvalue weighted by Crippen LogP contribution is -2.43. The SMILES string of the molecule is CS(=O)(=O)c1ccccc1S(=O)(=O)NC[C@@H]1CCCCN1. The highest BCUT2D eigenvalue weighted by Gasteiger charge is 2.24. The summed E-state index contributed by atoms with van der Waals surface area (Å²) in [7, 11) is -7.44. The van der Waals surface area contributed by atoms with E-state index in [-0.39, 0.29) is 22.4 Å². The highest BCUT2D eigenvalue weighted by molar-refractivity contribution is 7.93. The van der Waals surface area contributed by atoms with Crippen LogP contribution in [-0.2, 0) is 19.9 Å². The van der Waals surface area contributed by atoms with Gasteiger partial charge in [0.2, 0.25) is 10.0 Å². The first kappa shape index (κ1) is 16.4. The van der Waals surface area contributed by atoms with E-state index in [9.17, 15) is 16.8 Å². The van der Waals surface area contributed by atoms with Crippen molar-refractivity contribution < 1.29 is 16.8 Å². The minimum absolute atomic E-state index is 0.0962. The quantitative estimate of drug-likeness (QED) is 0.820. The van der Waals surface area contributed by atoms with Crippen LogP contribution in [0.4, 0.5) is 0 Å². The van der Waals surface area contributed by atoms with Gasteiger partial charge in [0.15, 0.2) is 9.84 Å². The van der Waals surface area contributed by atoms with Gasteiger partial charge in [0.1, 0.15) is 4.90 Å². The van der Waals surface area contributed by atoms with E-state index in [2.05, 4.69) is 10.0 Å². The van der Waals surface area contributed by atoms with Gasteiger partial charge in [-0.05, 0) is 31.5 Å². The Morgan fingerprint density at radius 3 is 2.38 bits per heavy atom. The van der Waals surface area contributed by atoms with Crippen LogP contribution in [0.1, 0.15) is 19.3 Å². The number of rotatable bonds is 5. The molecule has 0 radical (unpaired) electrons. The smallest absolute Gasteiger partial charge is 0.241 e. The Labute approximate surface area is 125 Å². The molecule has 0 amide bonds. The van der Waals surface area contributed by atoms with Crippen LogP contribution in [0.5, 0.6) is 0 Å². The number of hydrogen-bond acceptors (Lipinski definition) is 5. The van der Waals surface area contributed by atoms with Crippen LogP contribution in [0.25, 0.3) is 0 Å². The van der Waals surface area contributed by atoms with Gasteiger partial charge in [-0.25, -0.2) is 21.6 Å². The van der Waals surface area contributed by atoms with Crippen LogP contribution in [0, 0.1) is 0 Å². The van der Waals surface area contributed by atoms with Gasteiger partial charge in [-0.15, -0.1) is 0 Å². The molecule has 2 rings (SSSR count). The molecule has 0 saturated carbocycles. The molecule has 0 spiro atoms. The van der Waals surface area contributed by atoms with Gasteiger partial charge in [-0.1, -0.05) is 18.6 Å². The first-order valence-corrected chi connectivity index (χ1v) is 10.2. The third-order valence-corrected chi connectivity index (χ3v) is 6.24. The number of benzene rings is 1. The fourth-order valence-electron chi connectivity index (χ4n) is 2.36. The predicted molar refractivity (Wildman–Crippen MR) is 80.4 cm³/mol. The Morgan fingerprint density at radius 2 is 1.81 bits per heavy atom. The molecule has 1 saturated heterocycles. The molecule has 1 heterocycles. The summed E-state index contributed by atoms with van der Waals surface area (Å²) < 4.78 is 50.6. The Morgan fingerprint density at radius 1 is 1.14 bits per heavy atom. The molecule has 8 heteroatoms.